The van der Waals surface area contributed by atoms with Gasteiger partial charge in [0, 0.05) is 11.8 Å². The molecule has 0 saturated heterocycles. The Morgan fingerprint density at radius 1 is 1.20 bits per heavy atom. The van der Waals surface area contributed by atoms with Crippen LogP contribution >= 0.6 is 0 Å². The van der Waals surface area contributed by atoms with Crippen LogP contribution in [-0.4, -0.2) is 49.4 Å². The Kier molecular flexibility index (Phi) is 6.77. The van der Waals surface area contributed by atoms with Crippen molar-refractivity contribution in [3.8, 4) is 5.75 Å². The molecule has 16 heteroatoms. The van der Waals surface area contributed by atoms with Gasteiger partial charge in [-0.25, -0.2) is 15.3 Å². The van der Waals surface area contributed by atoms with E-state index >= 15 is 0 Å². The number of carbonyl (C=O) groups is 2. The van der Waals surface area contributed by atoms with Crippen LogP contribution in [-0.2, 0) is 19.8 Å². The number of hydrogen-bond donors (Lipinski definition) is 4. The fourth-order valence-electron chi connectivity index (χ4n) is 2.80. The number of pyridine rings is 1. The second kappa shape index (κ2) is 9.28. The summed E-state index contributed by atoms with van der Waals surface area (Å²) in [7, 11) is -3.96. The number of benzene rings is 1. The number of amides is 1. The lowest BCUT2D eigenvalue weighted by Crippen LogP contribution is -2.48. The number of anilines is 2. The number of aromatic nitrogens is 1. The molecular formula is C19H19F3N6O6S. The van der Waals surface area contributed by atoms with Crippen molar-refractivity contribution in [2.45, 2.75) is 25.6 Å². The summed E-state index contributed by atoms with van der Waals surface area (Å²) < 4.78 is 71.5. The fraction of sp³-hybridized carbons (Fsp3) is 0.263. The summed E-state index contributed by atoms with van der Waals surface area (Å²) >= 11 is 0. The van der Waals surface area contributed by atoms with Gasteiger partial charge in [0.2, 0.25) is 0 Å². The monoisotopic (exact) mass is 516 g/mol. The van der Waals surface area contributed by atoms with Gasteiger partial charge in [-0.15, -0.1) is 4.40 Å². The third-order valence-electron chi connectivity index (χ3n) is 4.28. The van der Waals surface area contributed by atoms with Gasteiger partial charge in [0.15, 0.2) is 11.7 Å². The Morgan fingerprint density at radius 3 is 2.60 bits per heavy atom. The smallest absolute Gasteiger partial charge is 0.490 e. The van der Waals surface area contributed by atoms with Crippen molar-refractivity contribution in [2.75, 3.05) is 16.8 Å². The van der Waals surface area contributed by atoms with E-state index in [1.165, 1.54) is 18.2 Å². The van der Waals surface area contributed by atoms with Crippen LogP contribution in [0, 0.1) is 0 Å². The zero-order valence-corrected chi connectivity index (χ0v) is 19.0. The van der Waals surface area contributed by atoms with E-state index in [-0.39, 0.29) is 40.8 Å². The number of nitrogens with one attached hydrogen (secondary N) is 3. The Balaban J connectivity index is 1.66. The number of nitrogens with two attached hydrogens (primary N) is 1. The van der Waals surface area contributed by atoms with Gasteiger partial charge in [-0.1, -0.05) is 6.07 Å². The third-order valence-corrected chi connectivity index (χ3v) is 5.20. The highest BCUT2D eigenvalue weighted by Crippen LogP contribution is 2.31. The van der Waals surface area contributed by atoms with E-state index in [0.29, 0.717) is 0 Å². The summed E-state index contributed by atoms with van der Waals surface area (Å²) in [6, 6.07) is 6.93. The molecule has 1 amide bonds. The van der Waals surface area contributed by atoms with Crippen LogP contribution < -0.4 is 26.0 Å². The maximum absolute atomic E-state index is 12.7. The van der Waals surface area contributed by atoms with Crippen molar-refractivity contribution >= 4 is 39.4 Å². The van der Waals surface area contributed by atoms with Crippen LogP contribution in [0.25, 0.3) is 0 Å². The van der Waals surface area contributed by atoms with Gasteiger partial charge in [-0.05, 0) is 38.1 Å². The molecule has 188 valence electrons. The molecule has 2 heterocycles. The molecule has 12 nitrogen and oxygen atoms in total. The fourth-order valence-corrected chi connectivity index (χ4v) is 3.64. The van der Waals surface area contributed by atoms with Crippen molar-refractivity contribution in [1.82, 2.24) is 10.3 Å². The zero-order chi connectivity index (χ0) is 26.0. The number of carbonyl (C=O) groups excluding carboxylic acids is 2. The molecule has 0 saturated carbocycles. The molecule has 0 bridgehead atoms. The second-order valence-electron chi connectivity index (χ2n) is 7.78. The summed E-state index contributed by atoms with van der Waals surface area (Å²) in [4.78, 5) is 31.0. The van der Waals surface area contributed by atoms with Crippen LogP contribution in [0.2, 0.25) is 0 Å². The van der Waals surface area contributed by atoms with E-state index in [1.807, 2.05) is 0 Å². The largest absolute Gasteiger partial charge is 0.493 e. The summed E-state index contributed by atoms with van der Waals surface area (Å²) in [6.07, 6.45) is -4.08. The molecule has 0 unspecified atom stereocenters. The van der Waals surface area contributed by atoms with E-state index in [0.717, 1.165) is 12.3 Å². The lowest BCUT2D eigenvalue weighted by molar-refractivity contribution is -0.196. The average molecular weight is 516 g/mol. The van der Waals surface area contributed by atoms with E-state index in [4.69, 9.17) is 10.5 Å². The van der Waals surface area contributed by atoms with Gasteiger partial charge < -0.3 is 20.6 Å². The third kappa shape index (κ3) is 6.50. The maximum Gasteiger partial charge on any atom is 0.493 e. The van der Waals surface area contributed by atoms with Gasteiger partial charge in [0.05, 0.1) is 16.8 Å². The molecule has 1 aliphatic heterocycles. The number of halogens is 3. The Morgan fingerprint density at radius 2 is 1.91 bits per heavy atom. The maximum atomic E-state index is 12.7. The summed E-state index contributed by atoms with van der Waals surface area (Å²) in [5.41, 5.74) is 6.95. The lowest BCUT2D eigenvalue weighted by Gasteiger charge is -2.27. The highest BCUT2D eigenvalue weighted by Gasteiger charge is 2.41. The minimum atomic E-state index is -5.20. The summed E-state index contributed by atoms with van der Waals surface area (Å²) in [5.74, 6) is -3.46. The highest BCUT2D eigenvalue weighted by atomic mass is 32.2. The van der Waals surface area contributed by atoms with Crippen molar-refractivity contribution in [2.24, 2.45) is 10.1 Å². The van der Waals surface area contributed by atoms with E-state index < -0.39 is 33.8 Å². The average Bonchev–Trinajstić information content (AvgIpc) is 2.74. The predicted molar refractivity (Wildman–Crippen MR) is 117 cm³/mol. The van der Waals surface area contributed by atoms with Crippen molar-refractivity contribution in [3.63, 3.8) is 0 Å². The zero-order valence-electron chi connectivity index (χ0n) is 18.1. The number of fused-ring (bicyclic) bond motifs is 1. The first kappa shape index (κ1) is 25.5. The van der Waals surface area contributed by atoms with E-state index in [9.17, 15) is 31.2 Å². The molecule has 0 radical (unpaired) electrons. The molecule has 2 aromatic rings. The predicted octanol–water partition coefficient (Wildman–Crippen LogP) is 1.48. The molecular weight excluding hydrogens is 497 g/mol. The highest BCUT2D eigenvalue weighted by molar-refractivity contribution is 7.91. The van der Waals surface area contributed by atoms with Gasteiger partial charge in [0.1, 0.15) is 12.4 Å². The first-order chi connectivity index (χ1) is 16.2. The number of ether oxygens (including phenoxy) is 1. The van der Waals surface area contributed by atoms with E-state index in [2.05, 4.69) is 24.3 Å². The van der Waals surface area contributed by atoms with E-state index in [1.54, 1.807) is 25.4 Å². The van der Waals surface area contributed by atoms with Gasteiger partial charge in [-0.2, -0.15) is 21.6 Å². The molecule has 1 aromatic carbocycles. The molecule has 5 N–H and O–H groups in total. The van der Waals surface area contributed by atoms with Gasteiger partial charge >= 0.3 is 22.4 Å². The van der Waals surface area contributed by atoms with Crippen molar-refractivity contribution in [3.05, 3.63) is 47.7 Å². The van der Waals surface area contributed by atoms with Crippen LogP contribution in [0.3, 0.4) is 0 Å². The topological polar surface area (TPSA) is 174 Å². The molecule has 0 atom stereocenters. The van der Waals surface area contributed by atoms with Crippen LogP contribution in [0.15, 0.2) is 40.9 Å². The van der Waals surface area contributed by atoms with Gasteiger partial charge in [-0.3, -0.25) is 9.52 Å². The molecule has 1 aliphatic rings. The Hall–Kier alpha value is -4.08. The van der Waals surface area contributed by atoms with Gasteiger partial charge in [0.25, 0.3) is 5.91 Å². The first-order valence-electron chi connectivity index (χ1n) is 9.64. The molecule has 35 heavy (non-hydrogen) atoms. The number of hydrogen-bond acceptors (Lipinski definition) is 9. The quantitative estimate of drug-likeness (QED) is 0.397. The van der Waals surface area contributed by atoms with Crippen LogP contribution in [0.1, 0.15) is 29.8 Å². The molecule has 1 aromatic heterocycles. The molecule has 0 fully saturated rings. The molecule has 3 rings (SSSR count). The normalized spacial score (nSPS) is 14.6. The van der Waals surface area contributed by atoms with Crippen molar-refractivity contribution < 1.29 is 40.8 Å². The molecule has 0 aliphatic carbocycles. The van der Waals surface area contributed by atoms with Crippen molar-refractivity contribution in [1.29, 1.82) is 0 Å². The number of alkyl halides is 3. The Labute approximate surface area is 196 Å². The number of rotatable bonds is 7. The Bertz CT molecular complexity index is 1300. The van der Waals surface area contributed by atoms with Crippen LogP contribution in [0.4, 0.5) is 24.7 Å². The minimum Gasteiger partial charge on any atom is -0.490 e. The van der Waals surface area contributed by atoms with Crippen LogP contribution in [0.5, 0.6) is 5.75 Å². The SMILES string of the molecule is CC(C)(COc1cccc2c1C(N)=NS(=O)(=O)N2)NC(=O)c1ccnc(NOC(=O)C(F)(F)F)c1. The second-order valence-corrected chi connectivity index (χ2v) is 9.11. The minimum absolute atomic E-state index is 0.00140. The molecule has 0 spiro atoms. The summed E-state index contributed by atoms with van der Waals surface area (Å²) in [5, 5.41) is 2.68. The summed E-state index contributed by atoms with van der Waals surface area (Å²) in [6.45, 7) is 3.17. The lowest BCUT2D eigenvalue weighted by atomic mass is 10.1. The first-order valence-corrected chi connectivity index (χ1v) is 11.1. The number of amidine groups is 1. The number of nitrogens with zero attached hydrogens (tertiary/aromatic N) is 2. The standard InChI is InChI=1S/C19H19F3N6O6S/c1-18(2,9-33-12-5-3-4-11-14(12)15(23)28-35(31,32)27-11)25-16(29)10-6-7-24-13(8-10)26-34-17(30)19(20,21)22/h3-8,27H,9H2,1-2H3,(H2,23,28)(H,24,26)(H,25,29).